The minimum absolute atomic E-state index is 0.0341. The van der Waals surface area contributed by atoms with Crippen molar-refractivity contribution in [1.29, 1.82) is 0 Å². The molecule has 0 N–H and O–H groups in total. The monoisotopic (exact) mass is 411 g/mol. The maximum Gasteiger partial charge on any atom is 0.273 e. The molecule has 0 unspecified atom stereocenters. The number of fused-ring (bicyclic) bond motifs is 1. The van der Waals surface area contributed by atoms with Crippen LogP contribution in [0.1, 0.15) is 10.4 Å². The van der Waals surface area contributed by atoms with E-state index in [-0.39, 0.29) is 15.4 Å². The van der Waals surface area contributed by atoms with Gasteiger partial charge in [0.2, 0.25) is 8.87 Å². The van der Waals surface area contributed by atoms with Crippen LogP contribution in [0.15, 0.2) is 69.9 Å². The minimum Gasteiger partial charge on any atom is -0.497 e. The van der Waals surface area contributed by atoms with Crippen molar-refractivity contribution in [2.75, 3.05) is 7.11 Å². The SMILES string of the molecule is COc1ccc(S(=O)(=O)S/C=C\N2C(=O)c3ccccc3S2(=O)=O)cc1. The van der Waals surface area contributed by atoms with E-state index in [0.29, 0.717) is 20.8 Å². The normalized spacial score (nSPS) is 16.0. The standard InChI is InChI=1S/C16H13NO6S3/c1-23-12-6-8-13(9-7-12)26(21,22)24-11-10-17-16(18)14-4-2-3-5-15(14)25(17,19)20/h2-11H,1H3/b11-10-. The van der Waals surface area contributed by atoms with Crippen LogP contribution in [0.3, 0.4) is 0 Å². The lowest BCUT2D eigenvalue weighted by Gasteiger charge is -2.08. The predicted octanol–water partition coefficient (Wildman–Crippen LogP) is 2.43. The highest BCUT2D eigenvalue weighted by Gasteiger charge is 2.39. The zero-order chi connectivity index (χ0) is 18.9. The number of ether oxygens (including phenoxy) is 1. The van der Waals surface area contributed by atoms with E-state index in [1.807, 2.05) is 0 Å². The summed E-state index contributed by atoms with van der Waals surface area (Å²) in [6, 6.07) is 11.6. The second kappa shape index (κ2) is 6.78. The highest BCUT2D eigenvalue weighted by atomic mass is 33.1. The highest BCUT2D eigenvalue weighted by molar-refractivity contribution is 8.73. The zero-order valence-electron chi connectivity index (χ0n) is 13.4. The molecule has 2 aromatic rings. The number of nitrogens with zero attached hydrogens (tertiary/aromatic N) is 1. The summed E-state index contributed by atoms with van der Waals surface area (Å²) in [6.45, 7) is 0. The summed E-state index contributed by atoms with van der Waals surface area (Å²) in [5.41, 5.74) is 0.0557. The molecule has 1 aliphatic heterocycles. The third-order valence-electron chi connectivity index (χ3n) is 3.58. The molecule has 1 amide bonds. The van der Waals surface area contributed by atoms with Crippen LogP contribution in [0.4, 0.5) is 0 Å². The van der Waals surface area contributed by atoms with Crippen LogP contribution in [-0.4, -0.2) is 34.2 Å². The molecule has 2 aromatic carbocycles. The van der Waals surface area contributed by atoms with E-state index in [0.717, 1.165) is 11.6 Å². The van der Waals surface area contributed by atoms with Gasteiger partial charge in [-0.25, -0.2) is 21.1 Å². The fourth-order valence-electron chi connectivity index (χ4n) is 2.30. The van der Waals surface area contributed by atoms with E-state index < -0.39 is 24.8 Å². The third kappa shape index (κ3) is 3.22. The number of hydrogen-bond donors (Lipinski definition) is 0. The Balaban J connectivity index is 1.81. The molecule has 7 nitrogen and oxygen atoms in total. The van der Waals surface area contributed by atoms with Crippen LogP contribution in [0.5, 0.6) is 5.75 Å². The first kappa shape index (κ1) is 18.5. The van der Waals surface area contributed by atoms with Crippen molar-refractivity contribution in [2.24, 2.45) is 0 Å². The Kier molecular flexibility index (Phi) is 4.82. The van der Waals surface area contributed by atoms with Crippen LogP contribution in [0.25, 0.3) is 0 Å². The summed E-state index contributed by atoms with van der Waals surface area (Å²) in [7, 11) is -5.90. The van der Waals surface area contributed by atoms with Crippen LogP contribution >= 0.6 is 10.8 Å². The van der Waals surface area contributed by atoms with Crippen molar-refractivity contribution in [3.8, 4) is 5.75 Å². The fraction of sp³-hybridized carbons (Fsp3) is 0.0625. The van der Waals surface area contributed by atoms with Gasteiger partial charge in [0.1, 0.15) is 10.6 Å². The third-order valence-corrected chi connectivity index (χ3v) is 8.30. The number of carbonyl (C=O) groups excluding carboxylic acids is 1. The summed E-state index contributed by atoms with van der Waals surface area (Å²) in [6.07, 6.45) is 0.948. The molecule has 0 spiro atoms. The number of hydrogen-bond acceptors (Lipinski definition) is 7. The molecule has 26 heavy (non-hydrogen) atoms. The topological polar surface area (TPSA) is 97.8 Å². The van der Waals surface area contributed by atoms with E-state index in [1.54, 1.807) is 6.07 Å². The van der Waals surface area contributed by atoms with Gasteiger partial charge in [-0.05, 0) is 36.4 Å². The molecule has 0 atom stereocenters. The summed E-state index contributed by atoms with van der Waals surface area (Å²) in [5.74, 6) is -0.213. The van der Waals surface area contributed by atoms with E-state index in [1.165, 1.54) is 49.6 Å². The minimum atomic E-state index is -4.01. The van der Waals surface area contributed by atoms with Gasteiger partial charge < -0.3 is 4.74 Å². The van der Waals surface area contributed by atoms with Gasteiger partial charge in [0.25, 0.3) is 15.9 Å². The zero-order valence-corrected chi connectivity index (χ0v) is 15.8. The largest absolute Gasteiger partial charge is 0.497 e. The predicted molar refractivity (Wildman–Crippen MR) is 96.7 cm³/mol. The maximum atomic E-state index is 12.4. The summed E-state index contributed by atoms with van der Waals surface area (Å²) >= 11 is 0. The van der Waals surface area contributed by atoms with Gasteiger partial charge in [-0.1, -0.05) is 12.1 Å². The summed E-state index contributed by atoms with van der Waals surface area (Å²) < 4.78 is 54.8. The van der Waals surface area contributed by atoms with Gasteiger partial charge in [0.05, 0.1) is 17.6 Å². The molecular weight excluding hydrogens is 398 g/mol. The van der Waals surface area contributed by atoms with Crippen molar-refractivity contribution in [3.63, 3.8) is 0 Å². The maximum absolute atomic E-state index is 12.4. The van der Waals surface area contributed by atoms with Crippen LogP contribution < -0.4 is 4.74 Å². The molecule has 0 saturated carbocycles. The first-order chi connectivity index (χ1) is 12.3. The lowest BCUT2D eigenvalue weighted by atomic mass is 10.2. The Labute approximate surface area is 154 Å². The quantitative estimate of drug-likeness (QED) is 0.697. The average molecular weight is 411 g/mol. The van der Waals surface area contributed by atoms with Gasteiger partial charge in [-0.15, -0.1) is 0 Å². The van der Waals surface area contributed by atoms with E-state index >= 15 is 0 Å². The Bertz CT molecular complexity index is 1090. The Morgan fingerprint density at radius 2 is 1.73 bits per heavy atom. The van der Waals surface area contributed by atoms with Gasteiger partial charge in [-0.2, -0.15) is 0 Å². The summed E-state index contributed by atoms with van der Waals surface area (Å²) in [4.78, 5) is 12.2. The van der Waals surface area contributed by atoms with Gasteiger partial charge in [0, 0.05) is 22.4 Å². The Hall–Kier alpha value is -2.30. The number of amides is 1. The van der Waals surface area contributed by atoms with Crippen molar-refractivity contribution < 1.29 is 26.4 Å². The highest BCUT2D eigenvalue weighted by Crippen LogP contribution is 2.32. The van der Waals surface area contributed by atoms with E-state index in [2.05, 4.69) is 0 Å². The second-order valence-electron chi connectivity index (χ2n) is 5.11. The molecule has 1 aliphatic rings. The lowest BCUT2D eigenvalue weighted by Crippen LogP contribution is -2.23. The molecule has 10 heteroatoms. The number of sulfonamides is 1. The fourth-order valence-corrected chi connectivity index (χ4v) is 5.96. The molecule has 136 valence electrons. The molecule has 0 bridgehead atoms. The number of carbonyl (C=O) groups is 1. The smallest absolute Gasteiger partial charge is 0.273 e. The molecule has 1 heterocycles. The molecule has 0 radical (unpaired) electrons. The Morgan fingerprint density at radius 3 is 2.35 bits per heavy atom. The lowest BCUT2D eigenvalue weighted by molar-refractivity contribution is 0.0906. The van der Waals surface area contributed by atoms with Crippen molar-refractivity contribution >= 4 is 35.6 Å². The number of benzene rings is 2. The molecule has 3 rings (SSSR count). The first-order valence-electron chi connectivity index (χ1n) is 7.19. The molecule has 0 aliphatic carbocycles. The average Bonchev–Trinajstić information content (AvgIpc) is 2.83. The van der Waals surface area contributed by atoms with Crippen LogP contribution in [0, 0.1) is 0 Å². The van der Waals surface area contributed by atoms with Gasteiger partial charge in [-0.3, -0.25) is 4.79 Å². The number of methoxy groups -OCH3 is 1. The molecule has 0 saturated heterocycles. The molecule has 0 fully saturated rings. The van der Waals surface area contributed by atoms with E-state index in [9.17, 15) is 21.6 Å². The Morgan fingerprint density at radius 1 is 1.08 bits per heavy atom. The van der Waals surface area contributed by atoms with Crippen LogP contribution in [-0.2, 0) is 18.9 Å². The van der Waals surface area contributed by atoms with Crippen molar-refractivity contribution in [2.45, 2.75) is 9.79 Å². The van der Waals surface area contributed by atoms with Gasteiger partial charge in [0.15, 0.2) is 0 Å². The summed E-state index contributed by atoms with van der Waals surface area (Å²) in [5, 5.41) is 1.06. The number of rotatable bonds is 5. The molecular formula is C16H13NO6S3. The molecule has 0 aromatic heterocycles. The van der Waals surface area contributed by atoms with Crippen LogP contribution in [0.2, 0.25) is 0 Å². The van der Waals surface area contributed by atoms with Crippen molar-refractivity contribution in [1.82, 2.24) is 4.31 Å². The van der Waals surface area contributed by atoms with E-state index in [4.69, 9.17) is 4.74 Å². The van der Waals surface area contributed by atoms with Crippen molar-refractivity contribution in [3.05, 3.63) is 65.7 Å². The first-order valence-corrected chi connectivity index (χ1v) is 11.5. The van der Waals surface area contributed by atoms with Gasteiger partial charge >= 0.3 is 0 Å². The second-order valence-corrected chi connectivity index (χ2v) is 10.6.